The summed E-state index contributed by atoms with van der Waals surface area (Å²) in [5, 5.41) is 11.4. The van der Waals surface area contributed by atoms with Crippen LogP contribution >= 0.6 is 0 Å². The summed E-state index contributed by atoms with van der Waals surface area (Å²) < 4.78 is 1.60. The van der Waals surface area contributed by atoms with E-state index in [0.29, 0.717) is 0 Å². The minimum absolute atomic E-state index is 0.957. The zero-order chi connectivity index (χ0) is 7.40. The first-order valence-corrected chi connectivity index (χ1v) is 3.22. The lowest BCUT2D eigenvalue weighted by Crippen LogP contribution is -1.92. The Kier molecular flexibility index (Phi) is 2.15. The van der Waals surface area contributed by atoms with E-state index >= 15 is 0 Å². The van der Waals surface area contributed by atoms with Crippen LogP contribution in [0.4, 0.5) is 0 Å². The fourth-order valence-electron chi connectivity index (χ4n) is 0.515. The molecule has 0 atom stereocenters. The fourth-order valence-corrected chi connectivity index (χ4v) is 0.515. The van der Waals surface area contributed by atoms with Crippen LogP contribution < -0.4 is 0 Å². The van der Waals surface area contributed by atoms with E-state index in [2.05, 4.69) is 22.2 Å². The number of nitrogens with zero attached hydrogens (tertiary/aromatic N) is 4. The van der Waals surface area contributed by atoms with Gasteiger partial charge in [0, 0.05) is 5.71 Å². The van der Waals surface area contributed by atoms with Gasteiger partial charge in [0.25, 0.3) is 0 Å². The first-order valence-electron chi connectivity index (χ1n) is 3.22. The lowest BCUT2D eigenvalue weighted by atomic mass is 10.3. The zero-order valence-corrected chi connectivity index (χ0v) is 6.15. The largest absolute Gasteiger partial charge is 0.208 e. The molecule has 0 fully saturated rings. The highest BCUT2D eigenvalue weighted by atomic mass is 15.4. The van der Waals surface area contributed by atoms with Crippen molar-refractivity contribution >= 4 is 5.71 Å². The van der Waals surface area contributed by atoms with Crippen LogP contribution in [0, 0.1) is 0 Å². The quantitative estimate of drug-likeness (QED) is 0.570. The van der Waals surface area contributed by atoms with Crippen molar-refractivity contribution < 1.29 is 0 Å². The molecule has 54 valence electrons. The van der Waals surface area contributed by atoms with E-state index in [9.17, 15) is 0 Å². The number of aromatic nitrogens is 3. The van der Waals surface area contributed by atoms with Crippen LogP contribution in [-0.4, -0.2) is 20.6 Å². The van der Waals surface area contributed by atoms with E-state index in [4.69, 9.17) is 0 Å². The van der Waals surface area contributed by atoms with Gasteiger partial charge in [-0.25, -0.2) is 4.68 Å². The summed E-state index contributed by atoms with van der Waals surface area (Å²) in [4.78, 5) is 0. The van der Waals surface area contributed by atoms with Gasteiger partial charge in [0.1, 0.15) is 12.7 Å². The van der Waals surface area contributed by atoms with Gasteiger partial charge in [-0.2, -0.15) is 5.10 Å². The molecule has 1 aromatic heterocycles. The van der Waals surface area contributed by atoms with E-state index in [-0.39, 0.29) is 0 Å². The highest BCUT2D eigenvalue weighted by Gasteiger charge is 1.86. The summed E-state index contributed by atoms with van der Waals surface area (Å²) in [5.41, 5.74) is 1.07. The summed E-state index contributed by atoms with van der Waals surface area (Å²) >= 11 is 0. The third kappa shape index (κ3) is 1.65. The van der Waals surface area contributed by atoms with Gasteiger partial charge >= 0.3 is 0 Å². The molecule has 0 unspecified atom stereocenters. The molecule has 0 saturated heterocycles. The molecule has 0 spiro atoms. The molecular weight excluding hydrogens is 128 g/mol. The van der Waals surface area contributed by atoms with Crippen molar-refractivity contribution in [3.8, 4) is 0 Å². The second-order valence-corrected chi connectivity index (χ2v) is 2.03. The molecule has 4 nitrogen and oxygen atoms in total. The van der Waals surface area contributed by atoms with Crippen LogP contribution in [0.25, 0.3) is 0 Å². The molecule has 10 heavy (non-hydrogen) atoms. The Labute approximate surface area is 59.6 Å². The van der Waals surface area contributed by atoms with Gasteiger partial charge in [0.2, 0.25) is 0 Å². The Bertz CT molecular complexity index is 212. The molecule has 0 aliphatic carbocycles. The third-order valence-corrected chi connectivity index (χ3v) is 1.20. The normalized spacial score (nSPS) is 12.0. The van der Waals surface area contributed by atoms with Gasteiger partial charge < -0.3 is 0 Å². The number of rotatable bonds is 2. The van der Waals surface area contributed by atoms with E-state index in [1.807, 2.05) is 6.92 Å². The van der Waals surface area contributed by atoms with Crippen molar-refractivity contribution in [2.75, 3.05) is 0 Å². The van der Waals surface area contributed by atoms with Crippen LogP contribution in [0.3, 0.4) is 0 Å². The van der Waals surface area contributed by atoms with Crippen molar-refractivity contribution in [3.05, 3.63) is 12.7 Å². The third-order valence-electron chi connectivity index (χ3n) is 1.20. The topological polar surface area (TPSA) is 43.1 Å². The minimum Gasteiger partial charge on any atom is -0.208 e. The van der Waals surface area contributed by atoms with E-state index in [1.165, 1.54) is 0 Å². The Hall–Kier alpha value is -1.19. The SMILES string of the molecule is CC/C(C)=N/n1cnnc1. The van der Waals surface area contributed by atoms with Crippen LogP contribution in [0.5, 0.6) is 0 Å². The average Bonchev–Trinajstić information content (AvgIpc) is 2.40. The van der Waals surface area contributed by atoms with Crippen molar-refractivity contribution in [1.29, 1.82) is 0 Å². The molecule has 1 rings (SSSR count). The molecule has 0 radical (unpaired) electrons. The van der Waals surface area contributed by atoms with Crippen LogP contribution in [0.2, 0.25) is 0 Å². The average molecular weight is 138 g/mol. The van der Waals surface area contributed by atoms with Gasteiger partial charge in [0.15, 0.2) is 0 Å². The maximum Gasteiger partial charge on any atom is 0.141 e. The van der Waals surface area contributed by atoms with Crippen LogP contribution in [0.1, 0.15) is 20.3 Å². The molecule has 0 saturated carbocycles. The summed E-state index contributed by atoms with van der Waals surface area (Å²) in [6.45, 7) is 4.03. The lowest BCUT2D eigenvalue weighted by Gasteiger charge is -1.92. The zero-order valence-electron chi connectivity index (χ0n) is 6.15. The van der Waals surface area contributed by atoms with Crippen molar-refractivity contribution in [1.82, 2.24) is 14.9 Å². The Morgan fingerprint density at radius 3 is 2.60 bits per heavy atom. The van der Waals surface area contributed by atoms with Crippen LogP contribution in [-0.2, 0) is 0 Å². The summed E-state index contributed by atoms with van der Waals surface area (Å²) in [5.74, 6) is 0. The van der Waals surface area contributed by atoms with Crippen molar-refractivity contribution in [2.45, 2.75) is 20.3 Å². The maximum absolute atomic E-state index is 4.15. The number of hydrogen-bond donors (Lipinski definition) is 0. The predicted octanol–water partition coefficient (Wildman–Crippen LogP) is 0.912. The molecule has 0 aromatic carbocycles. The molecule has 0 aliphatic heterocycles. The second-order valence-electron chi connectivity index (χ2n) is 2.03. The van der Waals surface area contributed by atoms with Gasteiger partial charge in [-0.05, 0) is 13.3 Å². The summed E-state index contributed by atoms with van der Waals surface area (Å²) in [7, 11) is 0. The first kappa shape index (κ1) is 6.92. The van der Waals surface area contributed by atoms with Crippen molar-refractivity contribution in [3.63, 3.8) is 0 Å². The Morgan fingerprint density at radius 2 is 2.10 bits per heavy atom. The Balaban J connectivity index is 2.71. The molecule has 0 bridgehead atoms. The molecule has 1 aromatic rings. The molecule has 0 amide bonds. The van der Waals surface area contributed by atoms with E-state index in [0.717, 1.165) is 12.1 Å². The lowest BCUT2D eigenvalue weighted by molar-refractivity contribution is 0.862. The maximum atomic E-state index is 4.15. The number of hydrogen-bond acceptors (Lipinski definition) is 3. The van der Waals surface area contributed by atoms with E-state index < -0.39 is 0 Å². The monoisotopic (exact) mass is 138 g/mol. The molecule has 0 N–H and O–H groups in total. The van der Waals surface area contributed by atoms with Gasteiger partial charge in [0.05, 0.1) is 0 Å². The minimum atomic E-state index is 0.957. The highest BCUT2D eigenvalue weighted by molar-refractivity contribution is 5.81. The van der Waals surface area contributed by atoms with Gasteiger partial charge in [-0.1, -0.05) is 6.92 Å². The fraction of sp³-hybridized carbons (Fsp3) is 0.500. The predicted molar refractivity (Wildman–Crippen MR) is 38.8 cm³/mol. The van der Waals surface area contributed by atoms with Crippen LogP contribution in [0.15, 0.2) is 17.8 Å². The molecule has 0 aliphatic rings. The van der Waals surface area contributed by atoms with E-state index in [1.54, 1.807) is 17.3 Å². The summed E-state index contributed by atoms with van der Waals surface area (Å²) in [6.07, 6.45) is 4.09. The first-order chi connectivity index (χ1) is 4.83. The molecule has 4 heteroatoms. The molecule has 1 heterocycles. The van der Waals surface area contributed by atoms with Gasteiger partial charge in [-0.3, -0.25) is 0 Å². The smallest absolute Gasteiger partial charge is 0.141 e. The summed E-state index contributed by atoms with van der Waals surface area (Å²) in [6, 6.07) is 0. The molecular formula is C6H10N4. The van der Waals surface area contributed by atoms with Gasteiger partial charge in [-0.15, -0.1) is 10.2 Å². The standard InChI is InChI=1S/C6H10N4/c1-3-6(2)9-10-4-7-8-5-10/h4-5H,3H2,1-2H3/b9-6+. The Morgan fingerprint density at radius 1 is 1.50 bits per heavy atom. The second kappa shape index (κ2) is 3.10. The van der Waals surface area contributed by atoms with Crippen molar-refractivity contribution in [2.24, 2.45) is 5.10 Å². The highest BCUT2D eigenvalue weighted by Crippen LogP contribution is 1.86.